The summed E-state index contributed by atoms with van der Waals surface area (Å²) in [4.78, 5) is 0. The van der Waals surface area contributed by atoms with Crippen molar-refractivity contribution in [3.8, 4) is 0 Å². The van der Waals surface area contributed by atoms with E-state index < -0.39 is 12.6 Å². The third-order valence-electron chi connectivity index (χ3n) is 2.48. The third kappa shape index (κ3) is 16.1. The molecule has 0 unspecified atom stereocenters. The molecular formula is C12H23F3OS. The Morgan fingerprint density at radius 1 is 0.765 bits per heavy atom. The van der Waals surface area contributed by atoms with Gasteiger partial charge in [0, 0.05) is 6.61 Å². The van der Waals surface area contributed by atoms with Crippen LogP contribution in [0.1, 0.15) is 51.4 Å². The third-order valence-corrected chi connectivity index (χ3v) is 2.79. The van der Waals surface area contributed by atoms with Gasteiger partial charge in [-0.25, -0.2) is 0 Å². The number of rotatable bonds is 11. The van der Waals surface area contributed by atoms with Crippen LogP contribution in [0.25, 0.3) is 0 Å². The molecule has 17 heavy (non-hydrogen) atoms. The fraction of sp³-hybridized carbons (Fsp3) is 1.00. The van der Waals surface area contributed by atoms with Crippen molar-refractivity contribution in [3.63, 3.8) is 0 Å². The molecule has 1 nitrogen and oxygen atoms in total. The van der Waals surface area contributed by atoms with E-state index in [0.29, 0.717) is 6.61 Å². The van der Waals surface area contributed by atoms with Crippen LogP contribution in [-0.4, -0.2) is 25.1 Å². The van der Waals surface area contributed by atoms with Crippen LogP contribution in [0.3, 0.4) is 0 Å². The molecular weight excluding hydrogens is 249 g/mol. The number of unbranched alkanes of at least 4 members (excludes halogenated alkanes) is 6. The summed E-state index contributed by atoms with van der Waals surface area (Å²) in [6.45, 7) is 0.248. The average molecular weight is 272 g/mol. The number of hydrogen-bond donors (Lipinski definition) is 1. The second-order valence-electron chi connectivity index (χ2n) is 4.18. The van der Waals surface area contributed by atoms with Crippen LogP contribution in [0.5, 0.6) is 0 Å². The first-order valence-electron chi connectivity index (χ1n) is 6.31. The van der Waals surface area contributed by atoms with Crippen molar-refractivity contribution in [1.29, 1.82) is 0 Å². The van der Waals surface area contributed by atoms with Crippen LogP contribution >= 0.6 is 12.6 Å². The summed E-state index contributed by atoms with van der Waals surface area (Å²) < 4.78 is 40.2. The number of alkyl halides is 3. The highest BCUT2D eigenvalue weighted by Crippen LogP contribution is 2.19. The van der Waals surface area contributed by atoms with Gasteiger partial charge in [0.1, 0.15) is 0 Å². The summed E-state index contributed by atoms with van der Waals surface area (Å²) in [5.74, 6) is 0.951. The Kier molecular flexibility index (Phi) is 11.3. The second-order valence-corrected chi connectivity index (χ2v) is 4.62. The zero-order chi connectivity index (χ0) is 13.0. The molecule has 0 saturated heterocycles. The highest BCUT2D eigenvalue weighted by Gasteiger charge is 2.26. The molecule has 0 heterocycles. The standard InChI is InChI=1S/C12H23F3OS/c13-12(14,15)8-10-16-9-6-4-2-1-3-5-7-11-17/h17H,1-11H2. The van der Waals surface area contributed by atoms with Gasteiger partial charge in [-0.3, -0.25) is 0 Å². The summed E-state index contributed by atoms with van der Waals surface area (Å²) in [5.41, 5.74) is 0. The fourth-order valence-electron chi connectivity index (χ4n) is 1.49. The Bertz CT molecular complexity index is 162. The average Bonchev–Trinajstić information content (AvgIpc) is 2.24. The molecule has 5 heteroatoms. The number of ether oxygens (including phenoxy) is 1. The van der Waals surface area contributed by atoms with Crippen LogP contribution in [0.15, 0.2) is 0 Å². The molecule has 0 radical (unpaired) electrons. The molecule has 0 spiro atoms. The first kappa shape index (κ1) is 17.1. The smallest absolute Gasteiger partial charge is 0.381 e. The molecule has 0 aromatic carbocycles. The first-order valence-corrected chi connectivity index (χ1v) is 6.95. The maximum atomic E-state index is 11.7. The zero-order valence-corrected chi connectivity index (χ0v) is 11.2. The number of halogens is 3. The predicted octanol–water partition coefficient (Wildman–Crippen LogP) is 4.62. The van der Waals surface area contributed by atoms with Gasteiger partial charge in [-0.05, 0) is 18.6 Å². The molecule has 0 bridgehead atoms. The molecule has 104 valence electrons. The predicted molar refractivity (Wildman–Crippen MR) is 67.7 cm³/mol. The van der Waals surface area contributed by atoms with E-state index in [1.54, 1.807) is 0 Å². The largest absolute Gasteiger partial charge is 0.391 e. The Hall–Kier alpha value is 0.100. The van der Waals surface area contributed by atoms with Gasteiger partial charge in [0.2, 0.25) is 0 Å². The van der Waals surface area contributed by atoms with Gasteiger partial charge in [0.05, 0.1) is 13.0 Å². The van der Waals surface area contributed by atoms with Crippen molar-refractivity contribution >= 4 is 12.6 Å². The highest BCUT2D eigenvalue weighted by molar-refractivity contribution is 7.80. The van der Waals surface area contributed by atoms with Crippen LogP contribution < -0.4 is 0 Å². The van der Waals surface area contributed by atoms with Crippen LogP contribution in [-0.2, 0) is 4.74 Å². The molecule has 0 atom stereocenters. The second kappa shape index (κ2) is 11.2. The first-order chi connectivity index (χ1) is 8.06. The van der Waals surface area contributed by atoms with Gasteiger partial charge in [-0.15, -0.1) is 0 Å². The van der Waals surface area contributed by atoms with Crippen molar-refractivity contribution < 1.29 is 17.9 Å². The van der Waals surface area contributed by atoms with Crippen molar-refractivity contribution in [2.24, 2.45) is 0 Å². The van der Waals surface area contributed by atoms with Gasteiger partial charge in [0.15, 0.2) is 0 Å². The van der Waals surface area contributed by atoms with Crippen LogP contribution in [0, 0.1) is 0 Å². The highest BCUT2D eigenvalue weighted by atomic mass is 32.1. The molecule has 0 rings (SSSR count). The number of thiol groups is 1. The molecule has 0 amide bonds. The summed E-state index contributed by atoms with van der Waals surface area (Å²) in [7, 11) is 0. The Morgan fingerprint density at radius 2 is 1.29 bits per heavy atom. The number of hydrogen-bond acceptors (Lipinski definition) is 2. The van der Waals surface area contributed by atoms with E-state index in [4.69, 9.17) is 4.74 Å². The summed E-state index contributed by atoms with van der Waals surface area (Å²) in [6, 6.07) is 0. The molecule has 0 N–H and O–H groups in total. The van der Waals surface area contributed by atoms with E-state index >= 15 is 0 Å². The summed E-state index contributed by atoms with van der Waals surface area (Å²) >= 11 is 4.14. The van der Waals surface area contributed by atoms with Crippen molar-refractivity contribution in [2.75, 3.05) is 19.0 Å². The minimum Gasteiger partial charge on any atom is -0.381 e. The SMILES string of the molecule is FC(F)(F)CCOCCCCCCCCCS. The van der Waals surface area contributed by atoms with Gasteiger partial charge in [0.25, 0.3) is 0 Å². The van der Waals surface area contributed by atoms with E-state index in [-0.39, 0.29) is 6.61 Å². The lowest BCUT2D eigenvalue weighted by atomic mass is 10.1. The molecule has 0 aromatic rings. The van der Waals surface area contributed by atoms with E-state index in [9.17, 15) is 13.2 Å². The quantitative estimate of drug-likeness (QED) is 0.426. The van der Waals surface area contributed by atoms with E-state index in [2.05, 4.69) is 12.6 Å². The molecule has 0 saturated carbocycles. The minimum atomic E-state index is -4.09. The van der Waals surface area contributed by atoms with Crippen LogP contribution in [0.4, 0.5) is 13.2 Å². The van der Waals surface area contributed by atoms with E-state index in [1.165, 1.54) is 25.7 Å². The lowest BCUT2D eigenvalue weighted by Gasteiger charge is -2.07. The zero-order valence-electron chi connectivity index (χ0n) is 10.3. The van der Waals surface area contributed by atoms with Crippen molar-refractivity contribution in [2.45, 2.75) is 57.5 Å². The van der Waals surface area contributed by atoms with Gasteiger partial charge < -0.3 is 4.74 Å². The topological polar surface area (TPSA) is 9.23 Å². The Balaban J connectivity index is 2.99. The van der Waals surface area contributed by atoms with E-state index in [1.807, 2.05) is 0 Å². The molecule has 0 aliphatic rings. The lowest BCUT2D eigenvalue weighted by molar-refractivity contribution is -0.145. The minimum absolute atomic E-state index is 0.203. The molecule has 0 fully saturated rings. The van der Waals surface area contributed by atoms with Gasteiger partial charge in [-0.2, -0.15) is 25.8 Å². The van der Waals surface area contributed by atoms with Crippen LogP contribution in [0.2, 0.25) is 0 Å². The molecule has 0 aliphatic heterocycles. The van der Waals surface area contributed by atoms with Crippen molar-refractivity contribution in [1.82, 2.24) is 0 Å². The Morgan fingerprint density at radius 3 is 1.82 bits per heavy atom. The summed E-state index contributed by atoms with van der Waals surface area (Å²) in [5, 5.41) is 0. The van der Waals surface area contributed by atoms with Crippen molar-refractivity contribution in [3.05, 3.63) is 0 Å². The van der Waals surface area contributed by atoms with Gasteiger partial charge in [-0.1, -0.05) is 32.1 Å². The normalized spacial score (nSPS) is 12.0. The fourth-order valence-corrected chi connectivity index (χ4v) is 1.71. The monoisotopic (exact) mass is 272 g/mol. The maximum absolute atomic E-state index is 11.7. The Labute approximate surface area is 108 Å². The molecule has 0 aliphatic carbocycles. The van der Waals surface area contributed by atoms with E-state index in [0.717, 1.165) is 25.0 Å². The molecule has 0 aromatic heterocycles. The maximum Gasteiger partial charge on any atom is 0.391 e. The lowest BCUT2D eigenvalue weighted by Crippen LogP contribution is -2.11. The van der Waals surface area contributed by atoms with Gasteiger partial charge >= 0.3 is 6.18 Å². The summed E-state index contributed by atoms with van der Waals surface area (Å²) in [6.07, 6.45) is 2.97.